The van der Waals surface area contributed by atoms with Gasteiger partial charge in [0.1, 0.15) is 0 Å². The summed E-state index contributed by atoms with van der Waals surface area (Å²) >= 11 is -0.382. The predicted octanol–water partition coefficient (Wildman–Crippen LogP) is 1.39. The van der Waals surface area contributed by atoms with Crippen molar-refractivity contribution in [3.63, 3.8) is 0 Å². The summed E-state index contributed by atoms with van der Waals surface area (Å²) < 4.78 is 10.8. The second kappa shape index (κ2) is 3.45. The van der Waals surface area contributed by atoms with Crippen LogP contribution >= 0.6 is 0 Å². The van der Waals surface area contributed by atoms with Crippen molar-refractivity contribution >= 4 is 0 Å². The van der Waals surface area contributed by atoms with Crippen molar-refractivity contribution < 1.29 is 19.0 Å². The second-order valence-corrected chi connectivity index (χ2v) is 1.52. The Labute approximate surface area is 32.0 Å². The molecule has 0 radical (unpaired) electrons. The summed E-state index contributed by atoms with van der Waals surface area (Å²) in [5.41, 5.74) is 0. The standard InChI is InChI=1S/C2H5.FH.Mn/c1-2;;/h1H2,2H3;1H;/q;;+1/p-1. The van der Waals surface area contributed by atoms with E-state index in [4.69, 9.17) is 0 Å². The van der Waals surface area contributed by atoms with Crippen molar-refractivity contribution in [3.8, 4) is 0 Å². The molecule has 0 atom stereocenters. The van der Waals surface area contributed by atoms with Gasteiger partial charge in [-0.2, -0.15) is 0 Å². The van der Waals surface area contributed by atoms with Gasteiger partial charge in [0, 0.05) is 0 Å². The molecule has 2 heteroatoms. The third-order valence-corrected chi connectivity index (χ3v) is 0.416. The van der Waals surface area contributed by atoms with Gasteiger partial charge < -0.3 is 0 Å². The van der Waals surface area contributed by atoms with E-state index in [1.807, 2.05) is 6.92 Å². The third kappa shape index (κ3) is 2.45. The summed E-state index contributed by atoms with van der Waals surface area (Å²) in [4.78, 5) is 0. The first-order chi connectivity index (χ1) is 1.91. The van der Waals surface area contributed by atoms with Crippen LogP contribution in [0, 0.1) is 0 Å². The Morgan fingerprint density at radius 2 is 2.25 bits per heavy atom. The quantitative estimate of drug-likeness (QED) is 0.440. The zero-order valence-corrected chi connectivity index (χ0v) is 3.64. The molecule has 0 aromatic carbocycles. The average molecular weight is 103 g/mol. The van der Waals surface area contributed by atoms with Crippen molar-refractivity contribution in [1.29, 1.82) is 0 Å². The minimum absolute atomic E-state index is 0.382. The molecule has 0 aliphatic rings. The van der Waals surface area contributed by atoms with E-state index in [2.05, 4.69) is 0 Å². The summed E-state index contributed by atoms with van der Waals surface area (Å²) in [5.74, 6) is 0. The Morgan fingerprint density at radius 1 is 2.00 bits per heavy atom. The molecule has 0 aliphatic heterocycles. The fraction of sp³-hybridized carbons (Fsp3) is 1.00. The summed E-state index contributed by atoms with van der Waals surface area (Å²) in [6.07, 6.45) is 0. The SMILES string of the molecule is C[CH2][Mn][F]. The van der Waals surface area contributed by atoms with Crippen molar-refractivity contribution in [3.05, 3.63) is 0 Å². The van der Waals surface area contributed by atoms with Gasteiger partial charge in [-0.1, -0.05) is 0 Å². The number of rotatable bonds is 1. The predicted molar refractivity (Wildman–Crippen MR) is 11.6 cm³/mol. The summed E-state index contributed by atoms with van der Waals surface area (Å²) in [5, 5.41) is 0.684. The number of halogens is 1. The van der Waals surface area contributed by atoms with Crippen LogP contribution < -0.4 is 0 Å². The molecule has 0 amide bonds. The first-order valence-corrected chi connectivity index (χ1v) is 2.40. The van der Waals surface area contributed by atoms with Gasteiger partial charge in [0.25, 0.3) is 0 Å². The van der Waals surface area contributed by atoms with Crippen molar-refractivity contribution in [2.75, 3.05) is 0 Å². The first-order valence-electron chi connectivity index (χ1n) is 1.12. The van der Waals surface area contributed by atoms with Crippen LogP contribution in [0.4, 0.5) is 3.55 Å². The number of hydrogen-bond donors (Lipinski definition) is 0. The molecular weight excluding hydrogens is 98.0 g/mol. The molecule has 0 aliphatic carbocycles. The van der Waals surface area contributed by atoms with Crippen LogP contribution in [0.2, 0.25) is 5.32 Å². The molecule has 0 fully saturated rings. The van der Waals surface area contributed by atoms with Gasteiger partial charge in [0.05, 0.1) is 0 Å². The monoisotopic (exact) mass is 103 g/mol. The van der Waals surface area contributed by atoms with Crippen LogP contribution in [-0.2, 0) is 15.4 Å². The van der Waals surface area contributed by atoms with Crippen LogP contribution in [0.5, 0.6) is 0 Å². The Hall–Kier alpha value is 0.449. The number of hydrogen-bond acceptors (Lipinski definition) is 0. The van der Waals surface area contributed by atoms with Crippen LogP contribution in [0.3, 0.4) is 0 Å². The van der Waals surface area contributed by atoms with Gasteiger partial charge in [-0.25, -0.2) is 0 Å². The van der Waals surface area contributed by atoms with Crippen LogP contribution in [0.25, 0.3) is 0 Å². The maximum atomic E-state index is 10.8. The van der Waals surface area contributed by atoms with Gasteiger partial charge >= 0.3 is 31.2 Å². The fourth-order valence-electron chi connectivity index (χ4n) is 0. The molecule has 0 aromatic rings. The van der Waals surface area contributed by atoms with Gasteiger partial charge in [0.15, 0.2) is 0 Å². The Kier molecular flexibility index (Phi) is 3.84. The molecule has 0 aromatic heterocycles. The molecular formula is C2H5FMn. The van der Waals surface area contributed by atoms with Crippen molar-refractivity contribution in [2.45, 2.75) is 12.2 Å². The van der Waals surface area contributed by atoms with Gasteiger partial charge in [-0.05, 0) is 0 Å². The van der Waals surface area contributed by atoms with E-state index in [0.29, 0.717) is 5.32 Å². The summed E-state index contributed by atoms with van der Waals surface area (Å²) in [6, 6.07) is 0. The van der Waals surface area contributed by atoms with E-state index in [-0.39, 0.29) is 15.4 Å². The van der Waals surface area contributed by atoms with Gasteiger partial charge in [0.2, 0.25) is 0 Å². The molecule has 0 N–H and O–H groups in total. The minimum atomic E-state index is -0.382. The summed E-state index contributed by atoms with van der Waals surface area (Å²) in [6.45, 7) is 1.82. The molecule has 0 spiro atoms. The third-order valence-electron chi connectivity index (χ3n) is 0.101. The van der Waals surface area contributed by atoms with E-state index in [9.17, 15) is 3.55 Å². The average Bonchev–Trinajstić information content (AvgIpc) is 1.37. The molecule has 27 valence electrons. The fourth-order valence-corrected chi connectivity index (χ4v) is 0. The van der Waals surface area contributed by atoms with Crippen molar-refractivity contribution in [2.24, 2.45) is 0 Å². The van der Waals surface area contributed by atoms with E-state index >= 15 is 0 Å². The Bertz CT molecular complexity index is 8.00. The second-order valence-electron chi connectivity index (χ2n) is 0.368. The Balaban J connectivity index is 1.97. The van der Waals surface area contributed by atoms with E-state index in [0.717, 1.165) is 0 Å². The zero-order valence-electron chi connectivity index (χ0n) is 2.46. The van der Waals surface area contributed by atoms with E-state index in [1.54, 1.807) is 0 Å². The molecule has 0 nitrogen and oxygen atoms in total. The maximum absolute atomic E-state index is 10.8. The van der Waals surface area contributed by atoms with Crippen molar-refractivity contribution in [1.82, 2.24) is 0 Å². The molecule has 0 rings (SSSR count). The molecule has 0 unspecified atom stereocenters. The van der Waals surface area contributed by atoms with Crippen LogP contribution in [-0.4, -0.2) is 0 Å². The van der Waals surface area contributed by atoms with Gasteiger partial charge in [-0.15, -0.1) is 0 Å². The van der Waals surface area contributed by atoms with Gasteiger partial charge in [-0.3, -0.25) is 0 Å². The molecule has 0 saturated heterocycles. The molecule has 0 saturated carbocycles. The Morgan fingerprint density at radius 3 is 2.25 bits per heavy atom. The summed E-state index contributed by atoms with van der Waals surface area (Å²) in [7, 11) is 0. The van der Waals surface area contributed by atoms with E-state index in [1.165, 1.54) is 0 Å². The van der Waals surface area contributed by atoms with Crippen LogP contribution in [0.1, 0.15) is 6.92 Å². The molecule has 0 bridgehead atoms. The zero-order chi connectivity index (χ0) is 3.41. The first kappa shape index (κ1) is 4.45. The topological polar surface area (TPSA) is 0 Å². The molecule has 4 heavy (non-hydrogen) atoms. The normalized spacial score (nSPS) is 7.50. The van der Waals surface area contributed by atoms with Crippen LogP contribution in [0.15, 0.2) is 0 Å². The van der Waals surface area contributed by atoms with E-state index < -0.39 is 0 Å². The molecule has 0 heterocycles.